The van der Waals surface area contributed by atoms with E-state index in [1.165, 1.54) is 6.07 Å². The summed E-state index contributed by atoms with van der Waals surface area (Å²) in [5.41, 5.74) is 0.0480. The minimum Gasteiger partial charge on any atom is -0.478 e. The van der Waals surface area contributed by atoms with Gasteiger partial charge >= 0.3 is 5.97 Å². The highest BCUT2D eigenvalue weighted by molar-refractivity contribution is 7.91. The quantitative estimate of drug-likeness (QED) is 0.829. The Bertz CT molecular complexity index is 660. The molecule has 1 saturated carbocycles. The van der Waals surface area contributed by atoms with E-state index >= 15 is 0 Å². The van der Waals surface area contributed by atoms with Crippen molar-refractivity contribution < 1.29 is 18.3 Å². The van der Waals surface area contributed by atoms with Gasteiger partial charge in [0.2, 0.25) is 0 Å². The van der Waals surface area contributed by atoms with Crippen LogP contribution in [0.2, 0.25) is 0 Å². The average Bonchev–Trinajstić information content (AvgIpc) is 2.79. The Kier molecular flexibility index (Phi) is 3.01. The number of aromatic carboxylic acids is 1. The van der Waals surface area contributed by atoms with Crippen molar-refractivity contribution in [3.05, 3.63) is 23.8 Å². The average molecular weight is 295 g/mol. The molecule has 0 atom stereocenters. The van der Waals surface area contributed by atoms with E-state index in [1.807, 2.05) is 0 Å². The van der Waals surface area contributed by atoms with Gasteiger partial charge in [-0.3, -0.25) is 0 Å². The van der Waals surface area contributed by atoms with Crippen LogP contribution in [0.1, 0.15) is 36.0 Å². The van der Waals surface area contributed by atoms with Gasteiger partial charge in [0.1, 0.15) is 4.90 Å². The molecule has 0 radical (unpaired) electrons. The van der Waals surface area contributed by atoms with Gasteiger partial charge in [-0.1, -0.05) is 18.9 Å². The maximum atomic E-state index is 12.7. The predicted octanol–water partition coefficient (Wildman–Crippen LogP) is 2.14. The summed E-state index contributed by atoms with van der Waals surface area (Å²) in [4.78, 5) is 11.2. The van der Waals surface area contributed by atoms with Gasteiger partial charge < -0.3 is 10.4 Å². The number of carboxylic acid groups (broad SMARTS) is 1. The summed E-state index contributed by atoms with van der Waals surface area (Å²) >= 11 is 0. The highest BCUT2D eigenvalue weighted by Gasteiger charge is 2.42. The fourth-order valence-corrected chi connectivity index (χ4v) is 5.74. The van der Waals surface area contributed by atoms with E-state index in [-0.39, 0.29) is 21.6 Å². The predicted molar refractivity (Wildman–Crippen MR) is 74.8 cm³/mol. The molecule has 0 bridgehead atoms. The molecule has 0 aromatic heterocycles. The van der Waals surface area contributed by atoms with Crippen LogP contribution in [0.3, 0.4) is 0 Å². The Balaban J connectivity index is 2.15. The first-order chi connectivity index (χ1) is 9.44. The lowest BCUT2D eigenvalue weighted by Gasteiger charge is -2.26. The Hall–Kier alpha value is -1.56. The van der Waals surface area contributed by atoms with Gasteiger partial charge in [-0.05, 0) is 25.0 Å². The molecule has 1 aliphatic carbocycles. The smallest absolute Gasteiger partial charge is 0.337 e. The first-order valence-electron chi connectivity index (χ1n) is 6.77. The first-order valence-corrected chi connectivity index (χ1v) is 8.42. The van der Waals surface area contributed by atoms with E-state index in [0.717, 1.165) is 25.7 Å². The van der Waals surface area contributed by atoms with Crippen molar-refractivity contribution in [2.45, 2.75) is 30.6 Å². The Morgan fingerprint density at radius 3 is 2.60 bits per heavy atom. The minimum atomic E-state index is -3.59. The lowest BCUT2D eigenvalue weighted by atomic mass is 9.88. The Morgan fingerprint density at radius 2 is 1.95 bits per heavy atom. The summed E-state index contributed by atoms with van der Waals surface area (Å²) in [6, 6.07) is 4.58. The van der Waals surface area contributed by atoms with Crippen molar-refractivity contribution in [3.8, 4) is 0 Å². The second-order valence-electron chi connectivity index (χ2n) is 5.81. The summed E-state index contributed by atoms with van der Waals surface area (Å²) in [5.74, 6) is -1.15. The van der Waals surface area contributed by atoms with Gasteiger partial charge in [-0.15, -0.1) is 0 Å². The number of benzene rings is 1. The van der Waals surface area contributed by atoms with Gasteiger partial charge in [0, 0.05) is 12.0 Å². The highest BCUT2D eigenvalue weighted by Crippen LogP contribution is 2.44. The Labute approximate surface area is 117 Å². The molecule has 1 spiro atoms. The van der Waals surface area contributed by atoms with Gasteiger partial charge in [-0.2, -0.15) is 0 Å². The van der Waals surface area contributed by atoms with E-state index in [9.17, 15) is 18.3 Å². The molecule has 108 valence electrons. The van der Waals surface area contributed by atoms with Crippen LogP contribution in [-0.4, -0.2) is 31.8 Å². The summed E-state index contributed by atoms with van der Waals surface area (Å²) in [5, 5.41) is 12.4. The van der Waals surface area contributed by atoms with Crippen LogP contribution in [0.25, 0.3) is 0 Å². The molecule has 1 heterocycles. The van der Waals surface area contributed by atoms with Crippen LogP contribution in [0, 0.1) is 5.41 Å². The number of hydrogen-bond donors (Lipinski definition) is 2. The van der Waals surface area contributed by atoms with Crippen LogP contribution in [-0.2, 0) is 9.84 Å². The van der Waals surface area contributed by atoms with Gasteiger partial charge in [0.25, 0.3) is 0 Å². The molecular weight excluding hydrogens is 278 g/mol. The third-order valence-corrected chi connectivity index (χ3v) is 6.42. The fraction of sp³-hybridized carbons (Fsp3) is 0.500. The molecule has 0 amide bonds. The molecule has 0 saturated heterocycles. The van der Waals surface area contributed by atoms with Crippen LogP contribution >= 0.6 is 0 Å². The van der Waals surface area contributed by atoms with E-state index < -0.39 is 15.8 Å². The largest absolute Gasteiger partial charge is 0.478 e. The standard InChI is InChI=1S/C14H17NO4S/c16-13(17)10-4-3-5-11-12(10)20(18,19)9-14(8-15-11)6-1-2-7-14/h3-5,15H,1-2,6-9H2,(H,16,17). The third-order valence-electron chi connectivity index (χ3n) is 4.37. The van der Waals surface area contributed by atoms with Crippen molar-refractivity contribution in [3.63, 3.8) is 0 Å². The first kappa shape index (κ1) is 13.4. The van der Waals surface area contributed by atoms with Crippen molar-refractivity contribution in [1.29, 1.82) is 0 Å². The fourth-order valence-electron chi connectivity index (χ4n) is 3.43. The normalized spacial score (nSPS) is 22.8. The van der Waals surface area contributed by atoms with Gasteiger partial charge in [-0.25, -0.2) is 13.2 Å². The molecule has 2 aliphatic rings. The number of hydrogen-bond acceptors (Lipinski definition) is 4. The molecule has 2 N–H and O–H groups in total. The summed E-state index contributed by atoms with van der Waals surface area (Å²) < 4.78 is 25.4. The van der Waals surface area contributed by atoms with E-state index in [2.05, 4.69) is 5.32 Å². The number of anilines is 1. The summed E-state index contributed by atoms with van der Waals surface area (Å²) in [6.07, 6.45) is 3.85. The monoisotopic (exact) mass is 295 g/mol. The highest BCUT2D eigenvalue weighted by atomic mass is 32.2. The second-order valence-corrected chi connectivity index (χ2v) is 7.73. The number of sulfone groups is 1. The summed E-state index contributed by atoms with van der Waals surface area (Å²) in [6.45, 7) is 0.600. The maximum absolute atomic E-state index is 12.7. The molecule has 3 rings (SSSR count). The lowest BCUT2D eigenvalue weighted by Crippen LogP contribution is -2.31. The van der Waals surface area contributed by atoms with E-state index in [1.54, 1.807) is 12.1 Å². The molecule has 1 aromatic carbocycles. The molecule has 1 aliphatic heterocycles. The van der Waals surface area contributed by atoms with Gasteiger partial charge in [0.15, 0.2) is 9.84 Å². The zero-order valence-corrected chi connectivity index (χ0v) is 11.9. The van der Waals surface area contributed by atoms with Crippen molar-refractivity contribution in [2.24, 2.45) is 5.41 Å². The zero-order chi connectivity index (χ0) is 14.4. The van der Waals surface area contributed by atoms with Crippen molar-refractivity contribution in [2.75, 3.05) is 17.6 Å². The number of fused-ring (bicyclic) bond motifs is 1. The Morgan fingerprint density at radius 1 is 1.25 bits per heavy atom. The number of rotatable bonds is 1. The molecule has 1 fully saturated rings. The number of carbonyl (C=O) groups is 1. The molecular formula is C14H17NO4S. The number of carboxylic acids is 1. The molecule has 0 unspecified atom stereocenters. The van der Waals surface area contributed by atoms with E-state index in [4.69, 9.17) is 0 Å². The third kappa shape index (κ3) is 2.08. The number of nitrogens with one attached hydrogen (secondary N) is 1. The lowest BCUT2D eigenvalue weighted by molar-refractivity contribution is 0.0692. The summed E-state index contributed by atoms with van der Waals surface area (Å²) in [7, 11) is -3.59. The van der Waals surface area contributed by atoms with E-state index in [0.29, 0.717) is 12.2 Å². The minimum absolute atomic E-state index is 0.0451. The molecule has 1 aromatic rings. The second kappa shape index (κ2) is 4.48. The van der Waals surface area contributed by atoms with Crippen LogP contribution in [0.15, 0.2) is 23.1 Å². The van der Waals surface area contributed by atoms with Gasteiger partial charge in [0.05, 0.1) is 17.0 Å². The molecule has 5 nitrogen and oxygen atoms in total. The van der Waals surface area contributed by atoms with Crippen molar-refractivity contribution >= 4 is 21.5 Å². The van der Waals surface area contributed by atoms with Crippen LogP contribution in [0.4, 0.5) is 5.69 Å². The maximum Gasteiger partial charge on any atom is 0.337 e. The van der Waals surface area contributed by atoms with Crippen molar-refractivity contribution in [1.82, 2.24) is 0 Å². The zero-order valence-electron chi connectivity index (χ0n) is 11.1. The SMILES string of the molecule is O=C(O)c1cccc2c1S(=O)(=O)CC1(CCCC1)CN2. The molecule has 20 heavy (non-hydrogen) atoms. The topological polar surface area (TPSA) is 83.5 Å². The molecule has 6 heteroatoms. The van der Waals surface area contributed by atoms with Crippen LogP contribution < -0.4 is 5.32 Å². The van der Waals surface area contributed by atoms with Crippen LogP contribution in [0.5, 0.6) is 0 Å².